The maximum absolute atomic E-state index is 5.68. The van der Waals surface area contributed by atoms with E-state index in [4.69, 9.17) is 5.73 Å². The van der Waals surface area contributed by atoms with Crippen LogP contribution in [0.25, 0.3) is 11.1 Å². The Bertz CT molecular complexity index is 454. The number of nitrogen functional groups attached to an aromatic ring is 1. The van der Waals surface area contributed by atoms with Gasteiger partial charge in [-0.15, -0.1) is 0 Å². The van der Waals surface area contributed by atoms with E-state index in [9.17, 15) is 0 Å². The average Bonchev–Trinajstić information content (AvgIpc) is 2.17. The highest BCUT2D eigenvalue weighted by atomic mass is 14.8. The van der Waals surface area contributed by atoms with E-state index >= 15 is 0 Å². The molecular weight excluding hydrogens is 186 g/mol. The summed E-state index contributed by atoms with van der Waals surface area (Å²) in [4.78, 5) is 8.37. The van der Waals surface area contributed by atoms with Gasteiger partial charge in [-0.25, -0.2) is 4.98 Å². The number of hydrogen-bond donors (Lipinski definition) is 1. The molecule has 0 unspecified atom stereocenters. The first-order valence-corrected chi connectivity index (χ1v) is 4.82. The smallest absolute Gasteiger partial charge is 0.123 e. The van der Waals surface area contributed by atoms with Gasteiger partial charge in [-0.05, 0) is 31.5 Å². The van der Waals surface area contributed by atoms with Gasteiger partial charge in [-0.1, -0.05) is 6.07 Å². The highest BCUT2D eigenvalue weighted by molar-refractivity contribution is 5.69. The molecule has 3 nitrogen and oxygen atoms in total. The summed E-state index contributed by atoms with van der Waals surface area (Å²) in [6.45, 7) is 4.00. The van der Waals surface area contributed by atoms with Crippen LogP contribution in [0.5, 0.6) is 0 Å². The zero-order valence-corrected chi connectivity index (χ0v) is 8.86. The highest BCUT2D eigenvalue weighted by Crippen LogP contribution is 2.26. The number of aryl methyl sites for hydroxylation is 2. The van der Waals surface area contributed by atoms with Crippen LogP contribution in [0.15, 0.2) is 30.6 Å². The standard InChI is InChI=1S/C12H13N3/c1-8-6-11(13)15-9(2)12(8)10-4-3-5-14-7-10/h3-7H,1-2H3,(H2,13,15). The molecule has 0 saturated heterocycles. The lowest BCUT2D eigenvalue weighted by Crippen LogP contribution is -1.97. The molecule has 0 fully saturated rings. The molecule has 0 aliphatic carbocycles. The zero-order chi connectivity index (χ0) is 10.8. The van der Waals surface area contributed by atoms with Crippen molar-refractivity contribution < 1.29 is 0 Å². The third kappa shape index (κ3) is 1.81. The fourth-order valence-corrected chi connectivity index (χ4v) is 1.81. The summed E-state index contributed by atoms with van der Waals surface area (Å²) in [7, 11) is 0. The van der Waals surface area contributed by atoms with E-state index in [1.54, 1.807) is 6.20 Å². The largest absolute Gasteiger partial charge is 0.384 e. The predicted octanol–water partition coefficient (Wildman–Crippen LogP) is 2.34. The third-order valence-corrected chi connectivity index (χ3v) is 2.37. The molecule has 76 valence electrons. The monoisotopic (exact) mass is 199 g/mol. The molecule has 0 amide bonds. The average molecular weight is 199 g/mol. The van der Waals surface area contributed by atoms with Crippen LogP contribution in [0.1, 0.15) is 11.3 Å². The van der Waals surface area contributed by atoms with E-state index in [0.717, 1.165) is 22.4 Å². The molecule has 3 heteroatoms. The van der Waals surface area contributed by atoms with Gasteiger partial charge in [0.2, 0.25) is 0 Å². The molecule has 0 bridgehead atoms. The van der Waals surface area contributed by atoms with Gasteiger partial charge in [0.15, 0.2) is 0 Å². The third-order valence-electron chi connectivity index (χ3n) is 2.37. The maximum Gasteiger partial charge on any atom is 0.123 e. The second-order valence-electron chi connectivity index (χ2n) is 3.57. The van der Waals surface area contributed by atoms with Crippen LogP contribution >= 0.6 is 0 Å². The predicted molar refractivity (Wildman–Crippen MR) is 61.4 cm³/mol. The Morgan fingerprint density at radius 1 is 1.27 bits per heavy atom. The number of hydrogen-bond acceptors (Lipinski definition) is 3. The molecule has 0 aliphatic rings. The molecule has 15 heavy (non-hydrogen) atoms. The molecule has 2 heterocycles. The highest BCUT2D eigenvalue weighted by Gasteiger charge is 2.07. The van der Waals surface area contributed by atoms with Gasteiger partial charge >= 0.3 is 0 Å². The van der Waals surface area contributed by atoms with Crippen molar-refractivity contribution in [2.24, 2.45) is 0 Å². The Balaban J connectivity index is 2.64. The normalized spacial score (nSPS) is 10.3. The van der Waals surface area contributed by atoms with E-state index in [1.807, 2.05) is 38.2 Å². The number of aromatic nitrogens is 2. The van der Waals surface area contributed by atoms with Crippen molar-refractivity contribution in [2.75, 3.05) is 5.73 Å². The molecule has 2 aromatic heterocycles. The van der Waals surface area contributed by atoms with E-state index in [1.165, 1.54) is 0 Å². The lowest BCUT2D eigenvalue weighted by Gasteiger charge is -2.09. The van der Waals surface area contributed by atoms with Crippen LogP contribution in [-0.2, 0) is 0 Å². The van der Waals surface area contributed by atoms with Crippen LogP contribution in [0.4, 0.5) is 5.82 Å². The quantitative estimate of drug-likeness (QED) is 0.767. The van der Waals surface area contributed by atoms with E-state index < -0.39 is 0 Å². The Kier molecular flexibility index (Phi) is 2.37. The molecule has 0 aromatic carbocycles. The zero-order valence-electron chi connectivity index (χ0n) is 8.86. The summed E-state index contributed by atoms with van der Waals surface area (Å²) in [5.41, 5.74) is 9.96. The van der Waals surface area contributed by atoms with Crippen LogP contribution in [0, 0.1) is 13.8 Å². The van der Waals surface area contributed by atoms with Gasteiger partial charge < -0.3 is 5.73 Å². The van der Waals surface area contributed by atoms with Gasteiger partial charge in [0.05, 0.1) is 0 Å². The Labute approximate surface area is 89.0 Å². The Morgan fingerprint density at radius 3 is 2.67 bits per heavy atom. The summed E-state index contributed by atoms with van der Waals surface area (Å²) >= 11 is 0. The van der Waals surface area contributed by atoms with Crippen molar-refractivity contribution in [2.45, 2.75) is 13.8 Å². The van der Waals surface area contributed by atoms with Gasteiger partial charge in [0.1, 0.15) is 5.82 Å². The second-order valence-corrected chi connectivity index (χ2v) is 3.57. The minimum atomic E-state index is 0.567. The minimum Gasteiger partial charge on any atom is -0.384 e. The SMILES string of the molecule is Cc1cc(N)nc(C)c1-c1cccnc1. The fourth-order valence-electron chi connectivity index (χ4n) is 1.81. The van der Waals surface area contributed by atoms with Crippen LogP contribution in [-0.4, -0.2) is 9.97 Å². The second kappa shape index (κ2) is 3.69. The number of nitrogens with two attached hydrogens (primary N) is 1. The van der Waals surface area contributed by atoms with Crippen molar-refractivity contribution in [3.8, 4) is 11.1 Å². The molecule has 2 rings (SSSR count). The molecule has 2 N–H and O–H groups in total. The van der Waals surface area contributed by atoms with Crippen LogP contribution in [0.3, 0.4) is 0 Å². The summed E-state index contributed by atoms with van der Waals surface area (Å²) in [5, 5.41) is 0. The number of rotatable bonds is 1. The van der Waals surface area contributed by atoms with E-state index in [-0.39, 0.29) is 0 Å². The summed E-state index contributed by atoms with van der Waals surface area (Å²) in [5.74, 6) is 0.567. The summed E-state index contributed by atoms with van der Waals surface area (Å²) in [6, 6.07) is 5.83. The number of nitrogens with zero attached hydrogens (tertiary/aromatic N) is 2. The molecule has 2 aromatic rings. The van der Waals surface area contributed by atoms with Crippen molar-refractivity contribution in [1.29, 1.82) is 0 Å². The molecule has 0 aliphatic heterocycles. The topological polar surface area (TPSA) is 51.8 Å². The molecule has 0 saturated carbocycles. The lowest BCUT2D eigenvalue weighted by atomic mass is 10.0. The summed E-state index contributed by atoms with van der Waals surface area (Å²) in [6.07, 6.45) is 3.60. The van der Waals surface area contributed by atoms with Crippen molar-refractivity contribution in [1.82, 2.24) is 9.97 Å². The minimum absolute atomic E-state index is 0.567. The van der Waals surface area contributed by atoms with Crippen molar-refractivity contribution in [3.05, 3.63) is 41.9 Å². The molecule has 0 atom stereocenters. The van der Waals surface area contributed by atoms with Crippen molar-refractivity contribution >= 4 is 5.82 Å². The maximum atomic E-state index is 5.68. The van der Waals surface area contributed by atoms with Gasteiger partial charge in [0.25, 0.3) is 0 Å². The van der Waals surface area contributed by atoms with E-state index in [2.05, 4.69) is 9.97 Å². The lowest BCUT2D eigenvalue weighted by molar-refractivity contribution is 1.18. The number of anilines is 1. The number of pyridine rings is 2. The van der Waals surface area contributed by atoms with Crippen molar-refractivity contribution in [3.63, 3.8) is 0 Å². The fraction of sp³-hybridized carbons (Fsp3) is 0.167. The van der Waals surface area contributed by atoms with Crippen LogP contribution < -0.4 is 5.73 Å². The molecule has 0 radical (unpaired) electrons. The Morgan fingerprint density at radius 2 is 2.07 bits per heavy atom. The van der Waals surface area contributed by atoms with Gasteiger partial charge in [-0.2, -0.15) is 0 Å². The Hall–Kier alpha value is -1.90. The first kappa shape index (κ1) is 9.65. The molecular formula is C12H13N3. The van der Waals surface area contributed by atoms with Gasteiger partial charge in [-0.3, -0.25) is 4.98 Å². The van der Waals surface area contributed by atoms with E-state index in [0.29, 0.717) is 5.82 Å². The first-order chi connectivity index (χ1) is 7.18. The van der Waals surface area contributed by atoms with Crippen LogP contribution in [0.2, 0.25) is 0 Å². The van der Waals surface area contributed by atoms with Gasteiger partial charge in [0, 0.05) is 29.2 Å². The summed E-state index contributed by atoms with van der Waals surface area (Å²) < 4.78 is 0. The first-order valence-electron chi connectivity index (χ1n) is 4.82. The molecule has 0 spiro atoms.